The van der Waals surface area contributed by atoms with E-state index >= 15 is 0 Å². The lowest BCUT2D eigenvalue weighted by molar-refractivity contribution is -0.139. The van der Waals surface area contributed by atoms with Gasteiger partial charge in [0.15, 0.2) is 0 Å². The highest BCUT2D eigenvalue weighted by Gasteiger charge is 2.30. The number of nitrogens with zero attached hydrogens (tertiary/aromatic N) is 2. The van der Waals surface area contributed by atoms with E-state index in [2.05, 4.69) is 5.32 Å². The summed E-state index contributed by atoms with van der Waals surface area (Å²) in [5.41, 5.74) is 0.735. The Morgan fingerprint density at radius 2 is 1.72 bits per heavy atom. The Morgan fingerprint density at radius 1 is 1.09 bits per heavy atom. The van der Waals surface area contributed by atoms with Crippen molar-refractivity contribution in [1.82, 2.24) is 10.2 Å². The van der Waals surface area contributed by atoms with Crippen LogP contribution in [-0.2, 0) is 26.2 Å². The van der Waals surface area contributed by atoms with E-state index in [-0.39, 0.29) is 22.3 Å². The molecule has 0 heterocycles. The predicted molar refractivity (Wildman–Crippen MR) is 124 cm³/mol. The first-order valence-corrected chi connectivity index (χ1v) is 12.3. The minimum atomic E-state index is -3.88. The monoisotopic (exact) mass is 503 g/mol. The molecular weight excluding hydrogens is 480 g/mol. The lowest BCUT2D eigenvalue weighted by Gasteiger charge is -2.31. The first kappa shape index (κ1) is 25.9. The molecule has 0 fully saturated rings. The molecule has 0 saturated heterocycles. The molecule has 32 heavy (non-hydrogen) atoms. The summed E-state index contributed by atoms with van der Waals surface area (Å²) in [6.45, 7) is 3.06. The van der Waals surface area contributed by atoms with E-state index in [1.165, 1.54) is 54.3 Å². The van der Waals surface area contributed by atoms with Crippen LogP contribution in [0.2, 0.25) is 10.0 Å². The number of carbonyl (C=O) groups excluding carboxylic acids is 2. The second-order valence-corrected chi connectivity index (χ2v) is 9.81. The van der Waals surface area contributed by atoms with Crippen molar-refractivity contribution in [2.45, 2.75) is 26.4 Å². The molecule has 2 aromatic rings. The van der Waals surface area contributed by atoms with Crippen molar-refractivity contribution in [2.24, 2.45) is 0 Å². The van der Waals surface area contributed by atoms with Gasteiger partial charge in [0.2, 0.25) is 21.8 Å². The summed E-state index contributed by atoms with van der Waals surface area (Å²) in [6.07, 6.45) is 0.959. The summed E-state index contributed by atoms with van der Waals surface area (Å²) in [5, 5.41) is 3.01. The van der Waals surface area contributed by atoms with Crippen molar-refractivity contribution in [3.8, 4) is 0 Å². The fraction of sp³-hybridized carbons (Fsp3) is 0.333. The van der Waals surface area contributed by atoms with Crippen LogP contribution in [0.4, 0.5) is 10.1 Å². The summed E-state index contributed by atoms with van der Waals surface area (Å²) in [7, 11) is -3.88. The normalized spacial score (nSPS) is 12.2. The molecule has 1 unspecified atom stereocenters. The Balaban J connectivity index is 2.39. The van der Waals surface area contributed by atoms with Gasteiger partial charge in [-0.3, -0.25) is 13.9 Å². The zero-order valence-electron chi connectivity index (χ0n) is 17.8. The Morgan fingerprint density at radius 3 is 2.25 bits per heavy atom. The van der Waals surface area contributed by atoms with Gasteiger partial charge in [0.25, 0.3) is 0 Å². The average Bonchev–Trinajstić information content (AvgIpc) is 2.72. The number of rotatable bonds is 9. The van der Waals surface area contributed by atoms with Gasteiger partial charge in [0.1, 0.15) is 18.4 Å². The van der Waals surface area contributed by atoms with Gasteiger partial charge >= 0.3 is 0 Å². The van der Waals surface area contributed by atoms with E-state index in [4.69, 9.17) is 23.2 Å². The molecule has 0 saturated carbocycles. The summed E-state index contributed by atoms with van der Waals surface area (Å²) >= 11 is 11.9. The molecule has 2 aromatic carbocycles. The minimum absolute atomic E-state index is 0.0175. The van der Waals surface area contributed by atoms with Gasteiger partial charge < -0.3 is 10.2 Å². The summed E-state index contributed by atoms with van der Waals surface area (Å²) in [6, 6.07) is 8.77. The smallest absolute Gasteiger partial charge is 0.244 e. The predicted octanol–water partition coefficient (Wildman–Crippen LogP) is 3.45. The fourth-order valence-corrected chi connectivity index (χ4v) is 4.08. The zero-order chi connectivity index (χ0) is 24.1. The Bertz CT molecular complexity index is 1080. The summed E-state index contributed by atoms with van der Waals surface area (Å²) in [5.74, 6) is -1.46. The average molecular weight is 504 g/mol. The highest BCUT2D eigenvalue weighted by Crippen LogP contribution is 2.28. The number of sulfonamides is 1. The molecule has 1 atom stereocenters. The molecule has 11 heteroatoms. The van der Waals surface area contributed by atoms with Crippen LogP contribution in [-0.4, -0.2) is 50.5 Å². The molecule has 0 aliphatic rings. The van der Waals surface area contributed by atoms with Crippen LogP contribution in [0, 0.1) is 5.82 Å². The first-order chi connectivity index (χ1) is 14.9. The third kappa shape index (κ3) is 6.82. The number of hydrogen-bond donors (Lipinski definition) is 1. The maximum atomic E-state index is 13.3. The molecule has 2 amide bonds. The van der Waals surface area contributed by atoms with Crippen LogP contribution in [0.25, 0.3) is 0 Å². The quantitative estimate of drug-likeness (QED) is 0.567. The van der Waals surface area contributed by atoms with Gasteiger partial charge in [-0.25, -0.2) is 12.8 Å². The molecule has 0 radical (unpaired) electrons. The van der Waals surface area contributed by atoms with E-state index in [1.807, 2.05) is 0 Å². The lowest BCUT2D eigenvalue weighted by Crippen LogP contribution is -2.51. The van der Waals surface area contributed by atoms with Crippen LogP contribution in [0.3, 0.4) is 0 Å². The van der Waals surface area contributed by atoms with Crippen molar-refractivity contribution < 1.29 is 22.4 Å². The lowest BCUT2D eigenvalue weighted by atomic mass is 10.1. The Labute approximate surface area is 197 Å². The number of likely N-dealkylation sites (N-methyl/N-ethyl adjacent to an activating group) is 1. The van der Waals surface area contributed by atoms with Crippen LogP contribution < -0.4 is 9.62 Å². The van der Waals surface area contributed by atoms with Crippen LogP contribution >= 0.6 is 23.2 Å². The number of anilines is 1. The molecule has 0 aromatic heterocycles. The third-order valence-corrected chi connectivity index (χ3v) is 6.53. The highest BCUT2D eigenvalue weighted by molar-refractivity contribution is 7.92. The standard InChI is InChI=1S/C21H24Cl2FN3O4S/c1-4-25-21(29)14(2)26(12-15-5-7-16(24)8-6-15)20(28)13-27(32(3,30)31)17-9-10-18(22)19(23)11-17/h5-11,14H,4,12-13H2,1-3H3,(H,25,29). The van der Waals surface area contributed by atoms with Gasteiger partial charge in [-0.15, -0.1) is 0 Å². The number of amides is 2. The van der Waals surface area contributed by atoms with Crippen molar-refractivity contribution >= 4 is 50.7 Å². The molecule has 1 N–H and O–H groups in total. The molecule has 174 valence electrons. The van der Waals surface area contributed by atoms with E-state index in [0.29, 0.717) is 12.1 Å². The first-order valence-electron chi connectivity index (χ1n) is 9.68. The second kappa shape index (κ2) is 11.0. The second-order valence-electron chi connectivity index (χ2n) is 7.09. The third-order valence-electron chi connectivity index (χ3n) is 4.65. The minimum Gasteiger partial charge on any atom is -0.355 e. The molecule has 7 nitrogen and oxygen atoms in total. The van der Waals surface area contributed by atoms with Gasteiger partial charge in [0, 0.05) is 13.1 Å². The van der Waals surface area contributed by atoms with Crippen LogP contribution in [0.5, 0.6) is 0 Å². The maximum Gasteiger partial charge on any atom is 0.244 e. The van der Waals surface area contributed by atoms with E-state index in [1.54, 1.807) is 6.92 Å². The maximum absolute atomic E-state index is 13.3. The number of nitrogens with one attached hydrogen (secondary N) is 1. The van der Waals surface area contributed by atoms with Crippen molar-refractivity contribution in [1.29, 1.82) is 0 Å². The van der Waals surface area contributed by atoms with Crippen molar-refractivity contribution in [2.75, 3.05) is 23.7 Å². The van der Waals surface area contributed by atoms with E-state index in [0.717, 1.165) is 10.6 Å². The Hall–Kier alpha value is -2.36. The zero-order valence-corrected chi connectivity index (χ0v) is 20.1. The largest absolute Gasteiger partial charge is 0.355 e. The highest BCUT2D eigenvalue weighted by atomic mass is 35.5. The number of carbonyl (C=O) groups is 2. The molecule has 0 aliphatic heterocycles. The van der Waals surface area contributed by atoms with Crippen molar-refractivity contribution in [3.63, 3.8) is 0 Å². The number of halogens is 3. The van der Waals surface area contributed by atoms with Crippen LogP contribution in [0.15, 0.2) is 42.5 Å². The number of hydrogen-bond acceptors (Lipinski definition) is 4. The molecular formula is C21H24Cl2FN3O4S. The van der Waals surface area contributed by atoms with Gasteiger partial charge in [-0.05, 0) is 49.7 Å². The Kier molecular flexibility index (Phi) is 8.89. The molecule has 0 bridgehead atoms. The van der Waals surface area contributed by atoms with Gasteiger partial charge in [-0.1, -0.05) is 35.3 Å². The summed E-state index contributed by atoms with van der Waals surface area (Å²) < 4.78 is 39.1. The molecule has 0 spiro atoms. The SMILES string of the molecule is CCNC(=O)C(C)N(Cc1ccc(F)cc1)C(=O)CN(c1ccc(Cl)c(Cl)c1)S(C)(=O)=O. The fourth-order valence-electron chi connectivity index (χ4n) is 2.94. The molecule has 2 rings (SSSR count). The van der Waals surface area contributed by atoms with Crippen molar-refractivity contribution in [3.05, 3.63) is 63.9 Å². The molecule has 0 aliphatic carbocycles. The van der Waals surface area contributed by atoms with Gasteiger partial charge in [0.05, 0.1) is 22.0 Å². The topological polar surface area (TPSA) is 86.8 Å². The number of benzene rings is 2. The van der Waals surface area contributed by atoms with Crippen LogP contribution in [0.1, 0.15) is 19.4 Å². The summed E-state index contributed by atoms with van der Waals surface area (Å²) in [4.78, 5) is 26.9. The van der Waals surface area contributed by atoms with E-state index < -0.39 is 40.2 Å². The van der Waals surface area contributed by atoms with E-state index in [9.17, 15) is 22.4 Å². The van der Waals surface area contributed by atoms with Gasteiger partial charge in [-0.2, -0.15) is 0 Å².